The van der Waals surface area contributed by atoms with Crippen LogP contribution in [0, 0.1) is 0 Å². The summed E-state index contributed by atoms with van der Waals surface area (Å²) in [5, 5.41) is 0. The third kappa shape index (κ3) is 63.7. The van der Waals surface area contributed by atoms with Crippen LogP contribution < -0.4 is 0 Å². The van der Waals surface area contributed by atoms with E-state index >= 15 is 0 Å². The maximum atomic E-state index is 12.9. The van der Waals surface area contributed by atoms with Gasteiger partial charge < -0.3 is 14.2 Å². The standard InChI is InChI=1S/C73H116O6/c1-4-7-10-13-16-19-22-25-28-30-32-33-34-35-36-37-38-39-41-42-45-48-51-54-57-60-63-66-72(75)78-69-70(68-77-71(74)65-62-59-56-53-50-47-44-27-24-21-18-15-12-9-6-3)79-73(76)67-64-61-58-55-52-49-46-43-40-31-29-26-23-20-17-14-11-8-5-2/h7-12,16-21,25-29,32-33,35-36,40,43-44,50,53,70H,4-6,13-15,22-24,30-31,34,37-39,41-42,45-49,51-52,54-69H2,1-3H3/b10-7-,11-8-,12-9-,19-16-,20-17-,21-18-,28-25-,29-26-,33-32-,36-35-,43-40-,44-27-,53-50-. The first-order valence-electron chi connectivity index (χ1n) is 32.0. The van der Waals surface area contributed by atoms with Gasteiger partial charge in [0, 0.05) is 19.3 Å². The lowest BCUT2D eigenvalue weighted by Gasteiger charge is -2.18. The van der Waals surface area contributed by atoms with Crippen LogP contribution in [0.3, 0.4) is 0 Å². The molecule has 6 heteroatoms. The lowest BCUT2D eigenvalue weighted by atomic mass is 10.0. The molecule has 0 aliphatic heterocycles. The van der Waals surface area contributed by atoms with Gasteiger partial charge in [-0.05, 0) is 141 Å². The summed E-state index contributed by atoms with van der Waals surface area (Å²) < 4.78 is 16.9. The second kappa shape index (κ2) is 65.5. The predicted molar refractivity (Wildman–Crippen MR) is 343 cm³/mol. The Labute approximate surface area is 486 Å². The zero-order chi connectivity index (χ0) is 57.1. The van der Waals surface area contributed by atoms with Gasteiger partial charge in [-0.3, -0.25) is 14.4 Å². The molecular formula is C73H116O6. The number of hydrogen-bond acceptors (Lipinski definition) is 6. The minimum absolute atomic E-state index is 0.105. The average Bonchev–Trinajstić information content (AvgIpc) is 3.45. The van der Waals surface area contributed by atoms with Crippen LogP contribution >= 0.6 is 0 Å². The van der Waals surface area contributed by atoms with E-state index in [1.807, 2.05) is 0 Å². The van der Waals surface area contributed by atoms with Crippen molar-refractivity contribution in [2.24, 2.45) is 0 Å². The summed E-state index contributed by atoms with van der Waals surface area (Å²) in [5.41, 5.74) is 0. The number of unbranched alkanes of at least 4 members (excludes halogenated alkanes) is 19. The molecule has 79 heavy (non-hydrogen) atoms. The van der Waals surface area contributed by atoms with Crippen molar-refractivity contribution < 1.29 is 28.6 Å². The Kier molecular flexibility index (Phi) is 61.4. The predicted octanol–water partition coefficient (Wildman–Crippen LogP) is 22.1. The van der Waals surface area contributed by atoms with E-state index in [9.17, 15) is 14.4 Å². The fourth-order valence-electron chi connectivity index (χ4n) is 8.33. The SMILES string of the molecule is CC/C=C\C/C=C\C/C=C\C/C=C\C/C=C\CCCCCCCCCCCCCC(=O)OCC(COC(=O)CCCC/C=C\C/C=C\C/C=C\C/C=C\CC)OC(=O)CCCCCCCC/C=C\C/C=C\C/C=C\C/C=C\CC. The van der Waals surface area contributed by atoms with Crippen LogP contribution in [0.25, 0.3) is 0 Å². The Hall–Kier alpha value is -4.97. The second-order valence-electron chi connectivity index (χ2n) is 20.5. The molecule has 0 aromatic rings. The molecule has 0 rings (SSSR count). The molecule has 0 aliphatic rings. The van der Waals surface area contributed by atoms with Crippen LogP contribution in [0.4, 0.5) is 0 Å². The molecule has 0 bridgehead atoms. The van der Waals surface area contributed by atoms with Gasteiger partial charge in [0.05, 0.1) is 0 Å². The van der Waals surface area contributed by atoms with Gasteiger partial charge in [0.15, 0.2) is 6.10 Å². The smallest absolute Gasteiger partial charge is 0.306 e. The van der Waals surface area contributed by atoms with E-state index in [1.54, 1.807) is 0 Å². The third-order valence-electron chi connectivity index (χ3n) is 13.0. The van der Waals surface area contributed by atoms with E-state index in [-0.39, 0.29) is 31.1 Å². The number of carbonyl (C=O) groups excluding carboxylic acids is 3. The monoisotopic (exact) mass is 1090 g/mol. The van der Waals surface area contributed by atoms with E-state index < -0.39 is 6.10 Å². The van der Waals surface area contributed by atoms with Gasteiger partial charge >= 0.3 is 17.9 Å². The Balaban J connectivity index is 4.42. The van der Waals surface area contributed by atoms with Crippen LogP contribution in [0.2, 0.25) is 0 Å². The number of esters is 3. The Morgan fingerprint density at radius 2 is 0.456 bits per heavy atom. The number of allylic oxidation sites excluding steroid dienone is 26. The topological polar surface area (TPSA) is 78.9 Å². The molecule has 0 aromatic heterocycles. The highest BCUT2D eigenvalue weighted by Crippen LogP contribution is 2.15. The Morgan fingerprint density at radius 3 is 0.734 bits per heavy atom. The summed E-state index contributed by atoms with van der Waals surface area (Å²) in [6.45, 7) is 6.25. The summed E-state index contributed by atoms with van der Waals surface area (Å²) >= 11 is 0. The minimum atomic E-state index is -0.813. The minimum Gasteiger partial charge on any atom is -0.462 e. The van der Waals surface area contributed by atoms with Gasteiger partial charge in [-0.25, -0.2) is 0 Å². The van der Waals surface area contributed by atoms with Crippen molar-refractivity contribution in [3.63, 3.8) is 0 Å². The molecule has 0 heterocycles. The highest BCUT2D eigenvalue weighted by Gasteiger charge is 2.19. The molecule has 0 aliphatic carbocycles. The van der Waals surface area contributed by atoms with Crippen molar-refractivity contribution >= 4 is 17.9 Å². The van der Waals surface area contributed by atoms with Crippen molar-refractivity contribution in [2.45, 2.75) is 271 Å². The molecule has 0 radical (unpaired) electrons. The van der Waals surface area contributed by atoms with Crippen LogP contribution in [-0.4, -0.2) is 37.2 Å². The van der Waals surface area contributed by atoms with E-state index in [2.05, 4.69) is 179 Å². The molecule has 0 spiro atoms. The van der Waals surface area contributed by atoms with Gasteiger partial charge in [0.1, 0.15) is 13.2 Å². The van der Waals surface area contributed by atoms with Crippen LogP contribution in [0.5, 0.6) is 0 Å². The zero-order valence-corrected chi connectivity index (χ0v) is 50.8. The highest BCUT2D eigenvalue weighted by atomic mass is 16.6. The number of ether oxygens (including phenoxy) is 3. The van der Waals surface area contributed by atoms with E-state index in [0.29, 0.717) is 25.7 Å². The first-order chi connectivity index (χ1) is 39.0. The summed E-state index contributed by atoms with van der Waals surface area (Å²) in [7, 11) is 0. The van der Waals surface area contributed by atoms with Crippen LogP contribution in [0.15, 0.2) is 158 Å². The largest absolute Gasteiger partial charge is 0.462 e. The van der Waals surface area contributed by atoms with Gasteiger partial charge in [-0.2, -0.15) is 0 Å². The molecule has 0 N–H and O–H groups in total. The summed E-state index contributed by atoms with van der Waals surface area (Å²) in [5.74, 6) is -0.967. The maximum Gasteiger partial charge on any atom is 0.306 e. The van der Waals surface area contributed by atoms with Crippen LogP contribution in [-0.2, 0) is 28.6 Å². The number of carbonyl (C=O) groups is 3. The molecule has 444 valence electrons. The Morgan fingerprint density at radius 1 is 0.253 bits per heavy atom. The molecule has 0 aromatic carbocycles. The maximum absolute atomic E-state index is 12.9. The van der Waals surface area contributed by atoms with Crippen molar-refractivity contribution in [2.75, 3.05) is 13.2 Å². The molecule has 0 fully saturated rings. The fourth-order valence-corrected chi connectivity index (χ4v) is 8.33. The molecule has 1 unspecified atom stereocenters. The van der Waals surface area contributed by atoms with Gasteiger partial charge in [-0.1, -0.05) is 262 Å². The fraction of sp³-hybridized carbons (Fsp3) is 0.603. The van der Waals surface area contributed by atoms with E-state index in [0.717, 1.165) is 148 Å². The highest BCUT2D eigenvalue weighted by molar-refractivity contribution is 5.71. The van der Waals surface area contributed by atoms with Gasteiger partial charge in [-0.15, -0.1) is 0 Å². The van der Waals surface area contributed by atoms with Crippen molar-refractivity contribution in [3.8, 4) is 0 Å². The molecule has 0 saturated heterocycles. The third-order valence-corrected chi connectivity index (χ3v) is 13.0. The molecular weight excluding hydrogens is 973 g/mol. The normalized spacial score (nSPS) is 13.2. The Bertz CT molecular complexity index is 1780. The second-order valence-corrected chi connectivity index (χ2v) is 20.5. The van der Waals surface area contributed by atoms with Crippen molar-refractivity contribution in [1.29, 1.82) is 0 Å². The van der Waals surface area contributed by atoms with Crippen LogP contribution in [0.1, 0.15) is 265 Å². The van der Waals surface area contributed by atoms with E-state index in [1.165, 1.54) is 70.6 Å². The number of hydrogen-bond donors (Lipinski definition) is 0. The zero-order valence-electron chi connectivity index (χ0n) is 50.8. The summed E-state index contributed by atoms with van der Waals surface area (Å²) in [6.07, 6.45) is 95.3. The molecule has 0 saturated carbocycles. The van der Waals surface area contributed by atoms with Crippen molar-refractivity contribution in [1.82, 2.24) is 0 Å². The van der Waals surface area contributed by atoms with Gasteiger partial charge in [0.2, 0.25) is 0 Å². The molecule has 1 atom stereocenters. The van der Waals surface area contributed by atoms with Crippen molar-refractivity contribution in [3.05, 3.63) is 158 Å². The first-order valence-corrected chi connectivity index (χ1v) is 32.0. The number of rotatable bonds is 56. The molecule has 0 amide bonds. The average molecular weight is 1090 g/mol. The summed E-state index contributed by atoms with van der Waals surface area (Å²) in [6, 6.07) is 0. The molecule has 6 nitrogen and oxygen atoms in total. The lowest BCUT2D eigenvalue weighted by molar-refractivity contribution is -0.167. The summed E-state index contributed by atoms with van der Waals surface area (Å²) in [4.78, 5) is 38.3. The van der Waals surface area contributed by atoms with E-state index in [4.69, 9.17) is 14.2 Å². The van der Waals surface area contributed by atoms with Gasteiger partial charge in [0.25, 0.3) is 0 Å². The lowest BCUT2D eigenvalue weighted by Crippen LogP contribution is -2.30. The first kappa shape index (κ1) is 74.0. The quantitative estimate of drug-likeness (QED) is 0.0261.